The van der Waals surface area contributed by atoms with Crippen molar-refractivity contribution < 1.29 is 13.2 Å². The third-order valence-corrected chi connectivity index (χ3v) is 2.56. The maximum Gasteiger partial charge on any atom is 0.416 e. The van der Waals surface area contributed by atoms with Crippen molar-refractivity contribution in [1.29, 1.82) is 0 Å². The van der Waals surface area contributed by atoms with E-state index in [1.807, 2.05) is 0 Å². The van der Waals surface area contributed by atoms with Crippen LogP contribution in [0.4, 0.5) is 19.0 Å². The Balaban J connectivity index is 2.35. The SMILES string of the molecule is Nc1cc(Cc2ccccc2C(F)(F)F)ccn1. The molecule has 2 rings (SSSR count). The molecule has 1 aromatic carbocycles. The number of hydrogen-bond donors (Lipinski definition) is 1. The number of hydrogen-bond acceptors (Lipinski definition) is 2. The number of nitrogen functional groups attached to an aromatic ring is 1. The smallest absolute Gasteiger partial charge is 0.384 e. The van der Waals surface area contributed by atoms with E-state index in [9.17, 15) is 13.2 Å². The fraction of sp³-hybridized carbons (Fsp3) is 0.154. The van der Waals surface area contributed by atoms with Gasteiger partial charge in [0.2, 0.25) is 0 Å². The molecule has 0 aliphatic carbocycles. The zero-order valence-corrected chi connectivity index (χ0v) is 9.41. The summed E-state index contributed by atoms with van der Waals surface area (Å²) in [5.41, 5.74) is 5.83. The monoisotopic (exact) mass is 252 g/mol. The summed E-state index contributed by atoms with van der Waals surface area (Å²) in [6.45, 7) is 0. The summed E-state index contributed by atoms with van der Waals surface area (Å²) in [5, 5.41) is 0. The molecule has 0 saturated heterocycles. The van der Waals surface area contributed by atoms with E-state index in [0.29, 0.717) is 11.4 Å². The summed E-state index contributed by atoms with van der Waals surface area (Å²) in [4.78, 5) is 3.81. The van der Waals surface area contributed by atoms with Gasteiger partial charge >= 0.3 is 6.18 Å². The minimum absolute atomic E-state index is 0.183. The van der Waals surface area contributed by atoms with E-state index in [0.717, 1.165) is 6.07 Å². The van der Waals surface area contributed by atoms with E-state index in [1.54, 1.807) is 18.2 Å². The Morgan fingerprint density at radius 1 is 1.11 bits per heavy atom. The van der Waals surface area contributed by atoms with Crippen molar-refractivity contribution in [3.63, 3.8) is 0 Å². The molecular formula is C13H11F3N2. The van der Waals surface area contributed by atoms with Gasteiger partial charge in [-0.3, -0.25) is 0 Å². The van der Waals surface area contributed by atoms with Gasteiger partial charge in [-0.1, -0.05) is 18.2 Å². The van der Waals surface area contributed by atoms with Gasteiger partial charge in [-0.2, -0.15) is 13.2 Å². The molecule has 0 saturated carbocycles. The summed E-state index contributed by atoms with van der Waals surface area (Å²) in [6.07, 6.45) is -2.67. The molecule has 2 nitrogen and oxygen atoms in total. The van der Waals surface area contributed by atoms with Crippen molar-refractivity contribution in [3.05, 3.63) is 59.3 Å². The lowest BCUT2D eigenvalue weighted by atomic mass is 10.00. The Morgan fingerprint density at radius 3 is 2.50 bits per heavy atom. The Morgan fingerprint density at radius 2 is 1.83 bits per heavy atom. The zero-order chi connectivity index (χ0) is 13.2. The standard InChI is InChI=1S/C13H11F3N2/c14-13(15,16)11-4-2-1-3-10(11)7-9-5-6-18-12(17)8-9/h1-6,8H,7H2,(H2,17,18). The molecule has 1 heterocycles. The summed E-state index contributed by atoms with van der Waals surface area (Å²) >= 11 is 0. The Labute approximate surface area is 102 Å². The van der Waals surface area contributed by atoms with Crippen LogP contribution in [0, 0.1) is 0 Å². The Kier molecular flexibility index (Phi) is 3.23. The fourth-order valence-electron chi connectivity index (χ4n) is 1.78. The highest BCUT2D eigenvalue weighted by Gasteiger charge is 2.32. The fourth-order valence-corrected chi connectivity index (χ4v) is 1.78. The van der Waals surface area contributed by atoms with Crippen molar-refractivity contribution in [1.82, 2.24) is 4.98 Å². The predicted molar refractivity (Wildman–Crippen MR) is 62.9 cm³/mol. The second-order valence-corrected chi connectivity index (χ2v) is 3.92. The summed E-state index contributed by atoms with van der Waals surface area (Å²) < 4.78 is 38.4. The molecule has 94 valence electrons. The molecule has 0 fully saturated rings. The van der Waals surface area contributed by atoms with Crippen LogP contribution in [0.5, 0.6) is 0 Å². The average Bonchev–Trinajstić information content (AvgIpc) is 2.28. The maximum atomic E-state index is 12.8. The van der Waals surface area contributed by atoms with E-state index in [1.165, 1.54) is 18.3 Å². The minimum atomic E-state index is -4.34. The van der Waals surface area contributed by atoms with Gasteiger partial charge in [0.1, 0.15) is 5.82 Å². The van der Waals surface area contributed by atoms with Gasteiger partial charge in [0.15, 0.2) is 0 Å². The van der Waals surface area contributed by atoms with Crippen molar-refractivity contribution in [2.75, 3.05) is 5.73 Å². The summed E-state index contributed by atoms with van der Waals surface area (Å²) in [5.74, 6) is 0.303. The van der Waals surface area contributed by atoms with Gasteiger partial charge in [-0.05, 0) is 35.7 Å². The number of nitrogens with zero attached hydrogens (tertiary/aromatic N) is 1. The molecule has 2 aromatic rings. The average molecular weight is 252 g/mol. The number of pyridine rings is 1. The molecule has 0 atom stereocenters. The first-order valence-electron chi connectivity index (χ1n) is 5.32. The van der Waals surface area contributed by atoms with Gasteiger partial charge in [-0.25, -0.2) is 4.98 Å². The predicted octanol–water partition coefficient (Wildman–Crippen LogP) is 3.27. The van der Waals surface area contributed by atoms with Gasteiger partial charge < -0.3 is 5.73 Å². The van der Waals surface area contributed by atoms with Crippen LogP contribution in [0.1, 0.15) is 16.7 Å². The molecule has 0 radical (unpaired) electrons. The number of benzene rings is 1. The van der Waals surface area contributed by atoms with Crippen LogP contribution in [0.25, 0.3) is 0 Å². The zero-order valence-electron chi connectivity index (χ0n) is 9.41. The first kappa shape index (κ1) is 12.4. The molecule has 0 bridgehead atoms. The van der Waals surface area contributed by atoms with Crippen LogP contribution in [-0.4, -0.2) is 4.98 Å². The number of aromatic nitrogens is 1. The van der Waals surface area contributed by atoms with Gasteiger partial charge in [-0.15, -0.1) is 0 Å². The van der Waals surface area contributed by atoms with Gasteiger partial charge in [0.25, 0.3) is 0 Å². The first-order valence-corrected chi connectivity index (χ1v) is 5.32. The van der Waals surface area contributed by atoms with Gasteiger partial charge in [0.05, 0.1) is 5.56 Å². The highest BCUT2D eigenvalue weighted by atomic mass is 19.4. The van der Waals surface area contributed by atoms with E-state index in [4.69, 9.17) is 5.73 Å². The van der Waals surface area contributed by atoms with Crippen LogP contribution in [0.3, 0.4) is 0 Å². The minimum Gasteiger partial charge on any atom is -0.384 e. The molecule has 2 N–H and O–H groups in total. The second kappa shape index (κ2) is 4.68. The molecular weight excluding hydrogens is 241 g/mol. The molecule has 18 heavy (non-hydrogen) atoms. The van der Waals surface area contributed by atoms with E-state index in [2.05, 4.69) is 4.98 Å². The molecule has 0 aliphatic heterocycles. The largest absolute Gasteiger partial charge is 0.416 e. The third-order valence-electron chi connectivity index (χ3n) is 2.56. The summed E-state index contributed by atoms with van der Waals surface area (Å²) in [6, 6.07) is 8.76. The topological polar surface area (TPSA) is 38.9 Å². The van der Waals surface area contributed by atoms with E-state index in [-0.39, 0.29) is 12.0 Å². The van der Waals surface area contributed by atoms with Crippen molar-refractivity contribution in [2.45, 2.75) is 12.6 Å². The van der Waals surface area contributed by atoms with Crippen molar-refractivity contribution >= 4 is 5.82 Å². The Hall–Kier alpha value is -2.04. The summed E-state index contributed by atoms with van der Waals surface area (Å²) in [7, 11) is 0. The second-order valence-electron chi connectivity index (χ2n) is 3.92. The van der Waals surface area contributed by atoms with Crippen molar-refractivity contribution in [3.8, 4) is 0 Å². The number of anilines is 1. The number of alkyl halides is 3. The van der Waals surface area contributed by atoms with Crippen LogP contribution in [-0.2, 0) is 12.6 Å². The van der Waals surface area contributed by atoms with Gasteiger partial charge in [0, 0.05) is 6.20 Å². The number of nitrogens with two attached hydrogens (primary N) is 1. The highest BCUT2D eigenvalue weighted by molar-refractivity contribution is 5.38. The molecule has 0 unspecified atom stereocenters. The molecule has 1 aromatic heterocycles. The molecule has 0 spiro atoms. The van der Waals surface area contributed by atoms with Crippen LogP contribution < -0.4 is 5.73 Å². The number of rotatable bonds is 2. The lowest BCUT2D eigenvalue weighted by molar-refractivity contribution is -0.138. The molecule has 0 amide bonds. The third kappa shape index (κ3) is 2.80. The quantitative estimate of drug-likeness (QED) is 0.890. The molecule has 0 aliphatic rings. The lowest BCUT2D eigenvalue weighted by Gasteiger charge is -2.12. The van der Waals surface area contributed by atoms with Crippen LogP contribution >= 0.6 is 0 Å². The van der Waals surface area contributed by atoms with Crippen molar-refractivity contribution in [2.24, 2.45) is 0 Å². The maximum absolute atomic E-state index is 12.8. The molecule has 5 heteroatoms. The lowest BCUT2D eigenvalue weighted by Crippen LogP contribution is -2.09. The van der Waals surface area contributed by atoms with Crippen LogP contribution in [0.2, 0.25) is 0 Å². The normalized spacial score (nSPS) is 11.5. The van der Waals surface area contributed by atoms with Crippen LogP contribution in [0.15, 0.2) is 42.6 Å². The number of halogens is 3. The Bertz CT molecular complexity index is 550. The van der Waals surface area contributed by atoms with E-state index < -0.39 is 11.7 Å². The van der Waals surface area contributed by atoms with E-state index >= 15 is 0 Å². The first-order chi connectivity index (χ1) is 8.47. The highest BCUT2D eigenvalue weighted by Crippen LogP contribution is 2.32.